The maximum absolute atomic E-state index is 13.1. The molecule has 0 aliphatic carbocycles. The molecule has 3 aromatic carbocycles. The zero-order chi connectivity index (χ0) is 23.2. The Morgan fingerprint density at radius 2 is 1.39 bits per heavy atom. The second kappa shape index (κ2) is 10.4. The van der Waals surface area contributed by atoms with Crippen molar-refractivity contribution in [3.8, 4) is 11.1 Å². The molecule has 0 saturated heterocycles. The van der Waals surface area contributed by atoms with Gasteiger partial charge in [0.15, 0.2) is 0 Å². The van der Waals surface area contributed by atoms with Gasteiger partial charge in [-0.25, -0.2) is 0 Å². The molecule has 1 aliphatic heterocycles. The topological polar surface area (TPSA) is 37.4 Å². The van der Waals surface area contributed by atoms with Crippen molar-refractivity contribution in [2.75, 3.05) is 6.54 Å². The lowest BCUT2D eigenvalue weighted by molar-refractivity contribution is 0.0624. The molecule has 4 rings (SSSR count). The summed E-state index contributed by atoms with van der Waals surface area (Å²) in [4.78, 5) is 27.5. The van der Waals surface area contributed by atoms with Crippen LogP contribution in [0.4, 0.5) is 0 Å². The number of fused-ring (bicyclic) bond motifs is 1. The summed E-state index contributed by atoms with van der Waals surface area (Å²) in [6.07, 6.45) is 8.46. The third kappa shape index (κ3) is 5.14. The number of hydrogen-bond donors (Lipinski definition) is 0. The smallest absolute Gasteiger partial charge is 0.261 e. The summed E-state index contributed by atoms with van der Waals surface area (Å²) in [5, 5.41) is 0. The van der Waals surface area contributed by atoms with Gasteiger partial charge in [-0.3, -0.25) is 14.5 Å². The van der Waals surface area contributed by atoms with E-state index in [2.05, 4.69) is 62.4 Å². The van der Waals surface area contributed by atoms with Crippen molar-refractivity contribution in [1.29, 1.82) is 0 Å². The number of carbonyl (C=O) groups is 2. The fraction of sp³-hybridized carbons (Fsp3) is 0.267. The van der Waals surface area contributed by atoms with E-state index in [9.17, 15) is 9.59 Å². The van der Waals surface area contributed by atoms with Gasteiger partial charge in [0.05, 0.1) is 11.1 Å². The summed E-state index contributed by atoms with van der Waals surface area (Å²) >= 11 is 0. The molecular formula is C30H31NO2. The zero-order valence-corrected chi connectivity index (χ0v) is 19.5. The van der Waals surface area contributed by atoms with Gasteiger partial charge in [0.1, 0.15) is 0 Å². The molecule has 0 N–H and O–H groups in total. The molecule has 1 aliphatic rings. The molecular weight excluding hydrogens is 406 g/mol. The first-order valence-electron chi connectivity index (χ1n) is 11.9. The van der Waals surface area contributed by atoms with Crippen LogP contribution in [-0.4, -0.2) is 23.3 Å². The van der Waals surface area contributed by atoms with Crippen LogP contribution in [0, 0.1) is 5.92 Å². The monoisotopic (exact) mass is 437 g/mol. The molecule has 3 aromatic rings. The molecule has 0 spiro atoms. The minimum Gasteiger partial charge on any atom is -0.274 e. The number of imide groups is 1. The molecule has 168 valence electrons. The summed E-state index contributed by atoms with van der Waals surface area (Å²) in [5.41, 5.74) is 5.30. The second-order valence-electron chi connectivity index (χ2n) is 8.76. The fourth-order valence-electron chi connectivity index (χ4n) is 4.35. The minimum atomic E-state index is -0.158. The molecule has 1 unspecified atom stereocenters. The average molecular weight is 438 g/mol. The number of unbranched alkanes of at least 4 members (excludes halogenated alkanes) is 1. The van der Waals surface area contributed by atoms with Gasteiger partial charge in [0, 0.05) is 6.54 Å². The largest absolute Gasteiger partial charge is 0.274 e. The van der Waals surface area contributed by atoms with Gasteiger partial charge in [-0.1, -0.05) is 106 Å². The summed E-state index contributed by atoms with van der Waals surface area (Å²) in [7, 11) is 0. The number of hydrogen-bond acceptors (Lipinski definition) is 2. The summed E-state index contributed by atoms with van der Waals surface area (Å²) in [6, 6.07) is 24.1. The van der Waals surface area contributed by atoms with E-state index in [-0.39, 0.29) is 11.8 Å². The highest BCUT2D eigenvalue weighted by molar-refractivity contribution is 6.21. The van der Waals surface area contributed by atoms with Crippen LogP contribution >= 0.6 is 0 Å². The Morgan fingerprint density at radius 3 is 2.06 bits per heavy atom. The van der Waals surface area contributed by atoms with Crippen LogP contribution in [0.3, 0.4) is 0 Å². The van der Waals surface area contributed by atoms with Gasteiger partial charge in [-0.05, 0) is 46.7 Å². The van der Waals surface area contributed by atoms with E-state index in [1.165, 1.54) is 4.90 Å². The van der Waals surface area contributed by atoms with Crippen molar-refractivity contribution in [3.05, 3.63) is 95.1 Å². The second-order valence-corrected chi connectivity index (χ2v) is 8.76. The van der Waals surface area contributed by atoms with Crippen molar-refractivity contribution >= 4 is 24.0 Å². The van der Waals surface area contributed by atoms with Crippen LogP contribution in [-0.2, 0) is 0 Å². The van der Waals surface area contributed by atoms with E-state index in [0.717, 1.165) is 47.9 Å². The minimum absolute atomic E-state index is 0.155. The Hall–Kier alpha value is -3.46. The van der Waals surface area contributed by atoms with Crippen LogP contribution in [0.25, 0.3) is 23.3 Å². The predicted molar refractivity (Wildman–Crippen MR) is 136 cm³/mol. The SMILES string of the molecule is CCCCC(CC)CN1C(=O)c2ccc(-c3ccc(/C=C/c4ccccc4)cc3)cc2C1=O. The van der Waals surface area contributed by atoms with Gasteiger partial charge >= 0.3 is 0 Å². The van der Waals surface area contributed by atoms with Crippen LogP contribution in [0.5, 0.6) is 0 Å². The zero-order valence-electron chi connectivity index (χ0n) is 19.5. The predicted octanol–water partition coefficient (Wildman–Crippen LogP) is 7.34. The van der Waals surface area contributed by atoms with E-state index in [1.54, 1.807) is 6.07 Å². The molecule has 3 nitrogen and oxygen atoms in total. The molecule has 0 radical (unpaired) electrons. The summed E-state index contributed by atoms with van der Waals surface area (Å²) in [6.45, 7) is 4.82. The van der Waals surface area contributed by atoms with Gasteiger partial charge in [0.25, 0.3) is 11.8 Å². The molecule has 0 bridgehead atoms. The maximum atomic E-state index is 13.1. The van der Waals surface area contributed by atoms with E-state index in [4.69, 9.17) is 0 Å². The lowest BCUT2D eigenvalue weighted by atomic mass is 9.99. The maximum Gasteiger partial charge on any atom is 0.261 e. The molecule has 33 heavy (non-hydrogen) atoms. The number of benzene rings is 3. The van der Waals surface area contributed by atoms with Crippen LogP contribution in [0.1, 0.15) is 71.4 Å². The average Bonchev–Trinajstić information content (AvgIpc) is 3.10. The highest BCUT2D eigenvalue weighted by Gasteiger charge is 2.36. The van der Waals surface area contributed by atoms with Crippen LogP contribution in [0.2, 0.25) is 0 Å². The van der Waals surface area contributed by atoms with Crippen molar-refractivity contribution in [3.63, 3.8) is 0 Å². The Labute approximate surface area is 196 Å². The van der Waals surface area contributed by atoms with E-state index in [1.807, 2.05) is 30.3 Å². The number of rotatable bonds is 9. The first-order valence-corrected chi connectivity index (χ1v) is 11.9. The van der Waals surface area contributed by atoms with Crippen molar-refractivity contribution < 1.29 is 9.59 Å². The molecule has 0 aromatic heterocycles. The Kier molecular flexibility index (Phi) is 7.19. The van der Waals surface area contributed by atoms with Gasteiger partial charge in [-0.2, -0.15) is 0 Å². The van der Waals surface area contributed by atoms with Crippen molar-refractivity contribution in [2.24, 2.45) is 5.92 Å². The van der Waals surface area contributed by atoms with Crippen molar-refractivity contribution in [1.82, 2.24) is 4.90 Å². The van der Waals surface area contributed by atoms with Crippen LogP contribution in [0.15, 0.2) is 72.8 Å². The number of nitrogens with zero attached hydrogens (tertiary/aromatic N) is 1. The molecule has 2 amide bonds. The number of carbonyl (C=O) groups excluding carboxylic acids is 2. The highest BCUT2D eigenvalue weighted by atomic mass is 16.2. The third-order valence-corrected chi connectivity index (χ3v) is 6.47. The first-order chi connectivity index (χ1) is 16.1. The van der Waals surface area contributed by atoms with E-state index < -0.39 is 0 Å². The van der Waals surface area contributed by atoms with E-state index >= 15 is 0 Å². The van der Waals surface area contributed by atoms with Gasteiger partial charge in [0.2, 0.25) is 0 Å². The summed E-state index contributed by atoms with van der Waals surface area (Å²) < 4.78 is 0. The van der Waals surface area contributed by atoms with Gasteiger partial charge in [-0.15, -0.1) is 0 Å². The molecule has 1 atom stereocenters. The Balaban J connectivity index is 1.50. The Morgan fingerprint density at radius 1 is 0.758 bits per heavy atom. The standard InChI is InChI=1S/C30H31NO2/c1-3-5-9-22(4-2)21-31-29(32)27-19-18-26(20-28(27)30(31)33)25-16-14-24(15-17-25)13-12-23-10-7-6-8-11-23/h6-8,10-20,22H,3-5,9,21H2,1-2H3/b13-12+. The molecule has 3 heteroatoms. The Bertz CT molecular complexity index is 1150. The molecule has 0 saturated carbocycles. The molecule has 0 fully saturated rings. The highest BCUT2D eigenvalue weighted by Crippen LogP contribution is 2.30. The van der Waals surface area contributed by atoms with Gasteiger partial charge < -0.3 is 0 Å². The molecule has 1 heterocycles. The fourth-order valence-corrected chi connectivity index (χ4v) is 4.35. The summed E-state index contributed by atoms with van der Waals surface area (Å²) in [5.74, 6) is 0.0511. The van der Waals surface area contributed by atoms with Crippen LogP contribution < -0.4 is 0 Å². The van der Waals surface area contributed by atoms with Crippen molar-refractivity contribution in [2.45, 2.75) is 39.5 Å². The first kappa shape index (κ1) is 22.7. The lowest BCUT2D eigenvalue weighted by Crippen LogP contribution is -2.34. The lowest BCUT2D eigenvalue weighted by Gasteiger charge is -2.21. The van der Waals surface area contributed by atoms with E-state index in [0.29, 0.717) is 23.6 Å². The number of amides is 2. The third-order valence-electron chi connectivity index (χ3n) is 6.47. The normalized spacial score (nSPS) is 14.2. The quantitative estimate of drug-likeness (QED) is 0.259.